The normalized spacial score (nSPS) is 14.6. The lowest BCUT2D eigenvalue weighted by Gasteiger charge is -2.30. The van der Waals surface area contributed by atoms with Crippen LogP contribution < -0.4 is 5.73 Å². The van der Waals surface area contributed by atoms with Gasteiger partial charge in [0.2, 0.25) is 5.91 Å². The third kappa shape index (κ3) is 9.34. The standard InChI is InChI=1S/C9H19ClN2O4S/c1-12(2,5-3-7-17(14,15)16)6-4-8(10)9(11)13/h8H,3-7H2,1-2H3,(H2-,11,13,14,15,16). The Hall–Kier alpha value is -0.370. The number of carbonyl (C=O) groups excluding carboxylic acids is 1. The van der Waals surface area contributed by atoms with Crippen molar-refractivity contribution >= 4 is 27.6 Å². The fraction of sp³-hybridized carbons (Fsp3) is 0.889. The Balaban J connectivity index is 4.00. The second-order valence-electron chi connectivity index (χ2n) is 4.66. The van der Waals surface area contributed by atoms with Gasteiger partial charge in [-0.25, -0.2) is 8.42 Å². The van der Waals surface area contributed by atoms with Crippen molar-refractivity contribution in [3.05, 3.63) is 0 Å². The van der Waals surface area contributed by atoms with Gasteiger partial charge in [-0.3, -0.25) is 4.79 Å². The first-order valence-corrected chi connectivity index (χ1v) is 7.24. The zero-order valence-corrected chi connectivity index (χ0v) is 11.6. The Morgan fingerprint density at radius 2 is 1.94 bits per heavy atom. The molecule has 0 aromatic heterocycles. The van der Waals surface area contributed by atoms with Gasteiger partial charge in [0.1, 0.15) is 5.38 Å². The molecule has 2 N–H and O–H groups in total. The van der Waals surface area contributed by atoms with E-state index >= 15 is 0 Å². The first-order valence-electron chi connectivity index (χ1n) is 5.22. The molecule has 0 aromatic rings. The molecule has 0 heterocycles. The number of amides is 1. The molecule has 8 heteroatoms. The fourth-order valence-corrected chi connectivity index (χ4v) is 1.97. The number of hydrogen-bond acceptors (Lipinski definition) is 4. The van der Waals surface area contributed by atoms with E-state index in [0.29, 0.717) is 30.4 Å². The molecule has 17 heavy (non-hydrogen) atoms. The Morgan fingerprint density at radius 3 is 2.35 bits per heavy atom. The van der Waals surface area contributed by atoms with E-state index in [1.165, 1.54) is 0 Å². The van der Waals surface area contributed by atoms with Gasteiger partial charge in [0.15, 0.2) is 0 Å². The lowest BCUT2D eigenvalue weighted by Crippen LogP contribution is -2.43. The van der Waals surface area contributed by atoms with Crippen molar-refractivity contribution < 1.29 is 22.2 Å². The summed E-state index contributed by atoms with van der Waals surface area (Å²) in [6.45, 7) is 1.12. The number of nitrogens with zero attached hydrogens (tertiary/aromatic N) is 1. The summed E-state index contributed by atoms with van der Waals surface area (Å²) in [5, 5.41) is -0.712. The zero-order chi connectivity index (χ0) is 13.7. The van der Waals surface area contributed by atoms with Crippen LogP contribution in [-0.4, -0.2) is 61.7 Å². The first kappa shape index (κ1) is 16.6. The first-order chi connectivity index (χ1) is 7.53. The Labute approximate surface area is 107 Å². The van der Waals surface area contributed by atoms with E-state index in [1.807, 2.05) is 14.1 Å². The second-order valence-corrected chi connectivity index (χ2v) is 6.71. The monoisotopic (exact) mass is 286 g/mol. The van der Waals surface area contributed by atoms with E-state index in [9.17, 15) is 17.8 Å². The summed E-state index contributed by atoms with van der Waals surface area (Å²) in [5.41, 5.74) is 5.02. The molecule has 0 saturated heterocycles. The number of quaternary nitrogens is 1. The third-order valence-electron chi connectivity index (χ3n) is 2.45. The van der Waals surface area contributed by atoms with Gasteiger partial charge in [0, 0.05) is 18.6 Å². The van der Waals surface area contributed by atoms with Gasteiger partial charge >= 0.3 is 0 Å². The molecule has 0 radical (unpaired) electrons. The van der Waals surface area contributed by atoms with Gasteiger partial charge < -0.3 is 14.8 Å². The van der Waals surface area contributed by atoms with Gasteiger partial charge in [-0.1, -0.05) is 0 Å². The van der Waals surface area contributed by atoms with Crippen LogP contribution in [0.4, 0.5) is 0 Å². The van der Waals surface area contributed by atoms with E-state index in [4.69, 9.17) is 17.3 Å². The molecule has 6 nitrogen and oxygen atoms in total. The number of rotatable bonds is 8. The molecule has 0 bridgehead atoms. The van der Waals surface area contributed by atoms with Crippen molar-refractivity contribution in [1.29, 1.82) is 0 Å². The van der Waals surface area contributed by atoms with Crippen LogP contribution in [-0.2, 0) is 14.9 Å². The van der Waals surface area contributed by atoms with Gasteiger partial charge in [-0.15, -0.1) is 11.6 Å². The number of halogens is 1. The summed E-state index contributed by atoms with van der Waals surface area (Å²) in [5.74, 6) is -0.928. The summed E-state index contributed by atoms with van der Waals surface area (Å²) in [6, 6.07) is 0. The van der Waals surface area contributed by atoms with Crippen LogP contribution in [0.2, 0.25) is 0 Å². The summed E-state index contributed by atoms with van der Waals surface area (Å²) in [7, 11) is -0.397. The number of alkyl halides is 1. The van der Waals surface area contributed by atoms with E-state index in [1.54, 1.807) is 0 Å². The molecule has 1 atom stereocenters. The van der Waals surface area contributed by atoms with Gasteiger partial charge in [-0.05, 0) is 0 Å². The summed E-state index contributed by atoms with van der Waals surface area (Å²) >= 11 is 5.70. The van der Waals surface area contributed by atoms with Gasteiger partial charge in [0.25, 0.3) is 0 Å². The van der Waals surface area contributed by atoms with Crippen LogP contribution in [0.1, 0.15) is 12.8 Å². The van der Waals surface area contributed by atoms with Crippen LogP contribution in [0.15, 0.2) is 0 Å². The predicted octanol–water partition coefficient (Wildman–Crippen LogP) is -0.519. The van der Waals surface area contributed by atoms with Crippen LogP contribution in [0.25, 0.3) is 0 Å². The molecule has 0 aliphatic heterocycles. The van der Waals surface area contributed by atoms with E-state index < -0.39 is 21.4 Å². The third-order valence-corrected chi connectivity index (χ3v) is 3.68. The van der Waals surface area contributed by atoms with Crippen LogP contribution in [0, 0.1) is 0 Å². The highest BCUT2D eigenvalue weighted by molar-refractivity contribution is 7.85. The molecule has 0 rings (SSSR count). The molecule has 0 spiro atoms. The van der Waals surface area contributed by atoms with Crippen molar-refractivity contribution in [3.8, 4) is 0 Å². The van der Waals surface area contributed by atoms with E-state index in [0.717, 1.165) is 0 Å². The number of hydrogen-bond donors (Lipinski definition) is 1. The average Bonchev–Trinajstić information content (AvgIpc) is 2.11. The molecule has 1 unspecified atom stereocenters. The van der Waals surface area contributed by atoms with E-state index in [-0.39, 0.29) is 5.75 Å². The minimum absolute atomic E-state index is 0.294. The quantitative estimate of drug-likeness (QED) is 0.369. The molecular formula is C9H19ClN2O4S. The highest BCUT2D eigenvalue weighted by Gasteiger charge is 2.20. The van der Waals surface area contributed by atoms with Crippen molar-refractivity contribution in [2.24, 2.45) is 5.73 Å². The van der Waals surface area contributed by atoms with Crippen LogP contribution in [0.5, 0.6) is 0 Å². The smallest absolute Gasteiger partial charge is 0.235 e. The Bertz CT molecular complexity index is 356. The molecular weight excluding hydrogens is 268 g/mol. The largest absolute Gasteiger partial charge is 0.748 e. The van der Waals surface area contributed by atoms with Gasteiger partial charge in [-0.2, -0.15) is 0 Å². The summed E-state index contributed by atoms with van der Waals surface area (Å²) in [4.78, 5) is 10.7. The molecule has 0 aliphatic carbocycles. The molecule has 0 saturated carbocycles. The lowest BCUT2D eigenvalue weighted by atomic mass is 10.2. The lowest BCUT2D eigenvalue weighted by molar-refractivity contribution is -0.890. The molecule has 0 fully saturated rings. The fourth-order valence-electron chi connectivity index (χ4n) is 1.39. The maximum absolute atomic E-state index is 10.7. The number of nitrogens with two attached hydrogens (primary N) is 1. The Kier molecular flexibility index (Phi) is 6.39. The highest BCUT2D eigenvalue weighted by atomic mass is 35.5. The summed E-state index contributed by atoms with van der Waals surface area (Å²) < 4.78 is 31.8. The molecule has 1 amide bonds. The molecule has 0 aromatic carbocycles. The zero-order valence-electron chi connectivity index (χ0n) is 10.1. The summed E-state index contributed by atoms with van der Waals surface area (Å²) in [6.07, 6.45) is 0.719. The maximum Gasteiger partial charge on any atom is 0.235 e. The second kappa shape index (κ2) is 6.53. The van der Waals surface area contributed by atoms with E-state index in [2.05, 4.69) is 0 Å². The van der Waals surface area contributed by atoms with Crippen molar-refractivity contribution in [2.75, 3.05) is 32.9 Å². The van der Waals surface area contributed by atoms with Crippen LogP contribution in [0.3, 0.4) is 0 Å². The Morgan fingerprint density at radius 1 is 1.41 bits per heavy atom. The van der Waals surface area contributed by atoms with Crippen molar-refractivity contribution in [3.63, 3.8) is 0 Å². The predicted molar refractivity (Wildman–Crippen MR) is 64.5 cm³/mol. The minimum Gasteiger partial charge on any atom is -0.748 e. The maximum atomic E-state index is 10.7. The number of primary amides is 1. The molecule has 0 aliphatic rings. The minimum atomic E-state index is -4.15. The number of carbonyl (C=O) groups is 1. The SMILES string of the molecule is C[N+](C)(CCCS(=O)(=O)[O-])CCC(Cl)C(N)=O. The van der Waals surface area contributed by atoms with Crippen molar-refractivity contribution in [2.45, 2.75) is 18.2 Å². The molecule has 102 valence electrons. The highest BCUT2D eigenvalue weighted by Crippen LogP contribution is 2.08. The van der Waals surface area contributed by atoms with Crippen LogP contribution >= 0.6 is 11.6 Å². The average molecular weight is 287 g/mol. The van der Waals surface area contributed by atoms with Gasteiger partial charge in [0.05, 0.1) is 37.3 Å². The topological polar surface area (TPSA) is 100 Å². The van der Waals surface area contributed by atoms with Crippen molar-refractivity contribution in [1.82, 2.24) is 0 Å².